The number of aromatic nitrogens is 1. The van der Waals surface area contributed by atoms with Gasteiger partial charge in [-0.05, 0) is 42.5 Å². The number of hydrogen-bond acceptors (Lipinski definition) is 3. The van der Waals surface area contributed by atoms with E-state index in [2.05, 4.69) is 10.3 Å². The first-order valence-electron chi connectivity index (χ1n) is 7.72. The van der Waals surface area contributed by atoms with Crippen LogP contribution in [0.15, 0.2) is 77.2 Å². The summed E-state index contributed by atoms with van der Waals surface area (Å²) in [5.74, 6) is 0.246. The maximum atomic E-state index is 12.4. The molecule has 0 aliphatic rings. The number of para-hydroxylation sites is 2. The molecular formula is C20H13ClN2O2. The van der Waals surface area contributed by atoms with Crippen molar-refractivity contribution < 1.29 is 9.21 Å². The van der Waals surface area contributed by atoms with E-state index in [1.807, 2.05) is 42.5 Å². The standard InChI is InChI=1S/C20H13ClN2O2/c21-16-9-2-1-8-15(16)19(24)22-14-7-5-6-13(12-14)20-23-17-10-3-4-11-18(17)25-20/h1-12H,(H,22,24). The smallest absolute Gasteiger partial charge is 0.257 e. The van der Waals surface area contributed by atoms with Gasteiger partial charge in [0.05, 0.1) is 10.6 Å². The van der Waals surface area contributed by atoms with Gasteiger partial charge in [0.2, 0.25) is 5.89 Å². The summed E-state index contributed by atoms with van der Waals surface area (Å²) in [4.78, 5) is 16.9. The van der Waals surface area contributed by atoms with E-state index in [9.17, 15) is 4.79 Å². The van der Waals surface area contributed by atoms with E-state index in [1.54, 1.807) is 30.3 Å². The number of carbonyl (C=O) groups excluding carboxylic acids is 1. The van der Waals surface area contributed by atoms with Gasteiger partial charge < -0.3 is 9.73 Å². The number of benzene rings is 3. The average molecular weight is 349 g/mol. The van der Waals surface area contributed by atoms with Crippen LogP contribution in [0, 0.1) is 0 Å². The molecule has 0 atom stereocenters. The summed E-state index contributed by atoms with van der Waals surface area (Å²) in [6, 6.07) is 21.9. The van der Waals surface area contributed by atoms with Crippen LogP contribution >= 0.6 is 11.6 Å². The highest BCUT2D eigenvalue weighted by Crippen LogP contribution is 2.26. The molecule has 25 heavy (non-hydrogen) atoms. The summed E-state index contributed by atoms with van der Waals surface area (Å²) in [7, 11) is 0. The number of fused-ring (bicyclic) bond motifs is 1. The van der Waals surface area contributed by atoms with Crippen molar-refractivity contribution in [2.75, 3.05) is 5.32 Å². The zero-order valence-electron chi connectivity index (χ0n) is 13.1. The zero-order chi connectivity index (χ0) is 17.2. The largest absolute Gasteiger partial charge is 0.436 e. The lowest BCUT2D eigenvalue weighted by Gasteiger charge is -2.07. The zero-order valence-corrected chi connectivity index (χ0v) is 13.8. The van der Waals surface area contributed by atoms with E-state index in [0.29, 0.717) is 22.2 Å². The van der Waals surface area contributed by atoms with Gasteiger partial charge in [0, 0.05) is 11.3 Å². The van der Waals surface area contributed by atoms with Crippen molar-refractivity contribution >= 4 is 34.3 Å². The van der Waals surface area contributed by atoms with Gasteiger partial charge in [-0.15, -0.1) is 0 Å². The minimum atomic E-state index is -0.264. The summed E-state index contributed by atoms with van der Waals surface area (Å²) < 4.78 is 5.77. The number of oxazole rings is 1. The number of anilines is 1. The molecule has 0 aliphatic carbocycles. The molecule has 0 saturated carbocycles. The third kappa shape index (κ3) is 3.12. The van der Waals surface area contributed by atoms with E-state index in [-0.39, 0.29) is 5.91 Å². The van der Waals surface area contributed by atoms with E-state index < -0.39 is 0 Å². The first kappa shape index (κ1) is 15.4. The minimum absolute atomic E-state index is 0.264. The third-order valence-corrected chi connectivity index (χ3v) is 4.11. The predicted octanol–water partition coefficient (Wildman–Crippen LogP) is 5.40. The number of amides is 1. The monoisotopic (exact) mass is 348 g/mol. The van der Waals surface area contributed by atoms with Gasteiger partial charge >= 0.3 is 0 Å². The number of hydrogen-bond donors (Lipinski definition) is 1. The van der Waals surface area contributed by atoms with Crippen LogP contribution in [-0.4, -0.2) is 10.9 Å². The topological polar surface area (TPSA) is 55.1 Å². The number of nitrogens with one attached hydrogen (secondary N) is 1. The van der Waals surface area contributed by atoms with Gasteiger partial charge in [0.1, 0.15) is 5.52 Å². The molecule has 4 rings (SSSR count). The normalized spacial score (nSPS) is 10.8. The maximum Gasteiger partial charge on any atom is 0.257 e. The summed E-state index contributed by atoms with van der Waals surface area (Å²) in [6.45, 7) is 0. The van der Waals surface area contributed by atoms with Crippen molar-refractivity contribution in [2.24, 2.45) is 0 Å². The molecule has 1 aromatic heterocycles. The number of halogens is 1. The van der Waals surface area contributed by atoms with Gasteiger partial charge in [-0.3, -0.25) is 4.79 Å². The van der Waals surface area contributed by atoms with E-state index >= 15 is 0 Å². The summed E-state index contributed by atoms with van der Waals surface area (Å²) in [6.07, 6.45) is 0. The molecule has 0 fully saturated rings. The molecule has 3 aromatic carbocycles. The van der Waals surface area contributed by atoms with Gasteiger partial charge in [-0.25, -0.2) is 4.98 Å². The summed E-state index contributed by atoms with van der Waals surface area (Å²) in [5, 5.41) is 3.26. The molecule has 0 unspecified atom stereocenters. The van der Waals surface area contributed by atoms with Crippen LogP contribution in [0.5, 0.6) is 0 Å². The Morgan fingerprint density at radius 3 is 2.60 bits per heavy atom. The lowest BCUT2D eigenvalue weighted by atomic mass is 10.1. The fourth-order valence-electron chi connectivity index (χ4n) is 2.57. The molecule has 0 bridgehead atoms. The second kappa shape index (κ2) is 6.42. The molecule has 122 valence electrons. The fraction of sp³-hybridized carbons (Fsp3) is 0. The average Bonchev–Trinajstić information content (AvgIpc) is 3.06. The second-order valence-corrected chi connectivity index (χ2v) is 5.91. The summed E-state index contributed by atoms with van der Waals surface area (Å²) >= 11 is 6.07. The highest BCUT2D eigenvalue weighted by Gasteiger charge is 2.12. The van der Waals surface area contributed by atoms with Crippen molar-refractivity contribution in [3.8, 4) is 11.5 Å². The Hall–Kier alpha value is -3.11. The Balaban J connectivity index is 1.63. The van der Waals surface area contributed by atoms with Crippen LogP contribution in [-0.2, 0) is 0 Å². The molecule has 1 amide bonds. The van der Waals surface area contributed by atoms with Crippen molar-refractivity contribution in [3.05, 3.63) is 83.4 Å². The quantitative estimate of drug-likeness (QED) is 0.539. The predicted molar refractivity (Wildman–Crippen MR) is 98.9 cm³/mol. The Kier molecular flexibility index (Phi) is 3.96. The second-order valence-electron chi connectivity index (χ2n) is 5.50. The Morgan fingerprint density at radius 1 is 0.960 bits per heavy atom. The molecule has 0 saturated heterocycles. The molecule has 0 aliphatic heterocycles. The Bertz CT molecular complexity index is 1040. The van der Waals surface area contributed by atoms with E-state index in [1.165, 1.54) is 0 Å². The van der Waals surface area contributed by atoms with Crippen LogP contribution in [0.4, 0.5) is 5.69 Å². The molecular weight excluding hydrogens is 336 g/mol. The van der Waals surface area contributed by atoms with Crippen LogP contribution in [0.1, 0.15) is 10.4 Å². The highest BCUT2D eigenvalue weighted by atomic mass is 35.5. The minimum Gasteiger partial charge on any atom is -0.436 e. The number of carbonyl (C=O) groups is 1. The van der Waals surface area contributed by atoms with Crippen molar-refractivity contribution in [2.45, 2.75) is 0 Å². The fourth-order valence-corrected chi connectivity index (χ4v) is 2.79. The first-order chi connectivity index (χ1) is 12.2. The van der Waals surface area contributed by atoms with E-state index in [4.69, 9.17) is 16.0 Å². The Morgan fingerprint density at radius 2 is 1.76 bits per heavy atom. The third-order valence-electron chi connectivity index (χ3n) is 3.78. The maximum absolute atomic E-state index is 12.4. The lowest BCUT2D eigenvalue weighted by Crippen LogP contribution is -2.12. The van der Waals surface area contributed by atoms with Gasteiger partial charge in [0.15, 0.2) is 5.58 Å². The van der Waals surface area contributed by atoms with Gasteiger partial charge in [-0.2, -0.15) is 0 Å². The number of rotatable bonds is 3. The van der Waals surface area contributed by atoms with Crippen molar-refractivity contribution in [1.29, 1.82) is 0 Å². The Labute approximate surface area is 149 Å². The van der Waals surface area contributed by atoms with Gasteiger partial charge in [-0.1, -0.05) is 41.9 Å². The van der Waals surface area contributed by atoms with E-state index in [0.717, 1.165) is 16.7 Å². The number of nitrogens with zero attached hydrogens (tertiary/aromatic N) is 1. The molecule has 1 heterocycles. The molecule has 0 spiro atoms. The van der Waals surface area contributed by atoms with Crippen LogP contribution in [0.2, 0.25) is 5.02 Å². The van der Waals surface area contributed by atoms with Crippen molar-refractivity contribution in [3.63, 3.8) is 0 Å². The highest BCUT2D eigenvalue weighted by molar-refractivity contribution is 6.34. The van der Waals surface area contributed by atoms with Crippen LogP contribution < -0.4 is 5.32 Å². The molecule has 0 radical (unpaired) electrons. The molecule has 4 aromatic rings. The molecule has 1 N–H and O–H groups in total. The first-order valence-corrected chi connectivity index (χ1v) is 8.10. The van der Waals surface area contributed by atoms with Gasteiger partial charge in [0.25, 0.3) is 5.91 Å². The van der Waals surface area contributed by atoms with Crippen LogP contribution in [0.25, 0.3) is 22.6 Å². The van der Waals surface area contributed by atoms with Crippen LogP contribution in [0.3, 0.4) is 0 Å². The molecule has 4 nitrogen and oxygen atoms in total. The van der Waals surface area contributed by atoms with Crippen molar-refractivity contribution in [1.82, 2.24) is 4.98 Å². The SMILES string of the molecule is O=C(Nc1cccc(-c2nc3ccccc3o2)c1)c1ccccc1Cl. The lowest BCUT2D eigenvalue weighted by molar-refractivity contribution is 0.102. The molecule has 5 heteroatoms. The summed E-state index contributed by atoms with van der Waals surface area (Å²) in [5.41, 5.74) is 3.38.